The van der Waals surface area contributed by atoms with Crippen molar-refractivity contribution in [2.45, 2.75) is 31.3 Å². The zero-order valence-electron chi connectivity index (χ0n) is 16.4. The summed E-state index contributed by atoms with van der Waals surface area (Å²) in [5.74, 6) is 0.470. The molecular weight excluding hydrogens is 376 g/mol. The first-order chi connectivity index (χ1) is 13.3. The van der Waals surface area contributed by atoms with Crippen LogP contribution in [0.1, 0.15) is 41.6 Å². The number of likely N-dealkylation sites (N-methyl/N-ethyl adjacent to an activating group) is 1. The van der Waals surface area contributed by atoms with Crippen molar-refractivity contribution in [1.82, 2.24) is 9.62 Å². The minimum Gasteiger partial charge on any atom is -0.497 e. The summed E-state index contributed by atoms with van der Waals surface area (Å²) in [5.41, 5.74) is 2.86. The summed E-state index contributed by atoms with van der Waals surface area (Å²) in [6.45, 7) is 0. The normalized spacial score (nSPS) is 17.6. The minimum absolute atomic E-state index is 0.152. The monoisotopic (exact) mass is 402 g/mol. The quantitative estimate of drug-likeness (QED) is 0.806. The molecule has 150 valence electrons. The van der Waals surface area contributed by atoms with Gasteiger partial charge in [0.1, 0.15) is 11.8 Å². The first-order valence-corrected chi connectivity index (χ1v) is 11.1. The van der Waals surface area contributed by atoms with Gasteiger partial charge >= 0.3 is 0 Å². The van der Waals surface area contributed by atoms with E-state index in [9.17, 15) is 13.2 Å². The number of nitrogens with zero attached hydrogens (tertiary/aromatic N) is 1. The van der Waals surface area contributed by atoms with Crippen molar-refractivity contribution in [3.63, 3.8) is 0 Å². The number of rotatable bonds is 6. The van der Waals surface area contributed by atoms with Crippen LogP contribution in [0.25, 0.3) is 0 Å². The highest BCUT2D eigenvalue weighted by atomic mass is 32.2. The molecule has 0 spiro atoms. The number of ether oxygens (including phenoxy) is 1. The van der Waals surface area contributed by atoms with Gasteiger partial charge in [0.15, 0.2) is 0 Å². The molecule has 0 saturated carbocycles. The molecule has 0 radical (unpaired) electrons. The number of nitrogens with one attached hydrogen (secondary N) is 1. The molecule has 2 aromatic carbocycles. The van der Waals surface area contributed by atoms with E-state index in [0.29, 0.717) is 5.56 Å². The Balaban J connectivity index is 1.89. The van der Waals surface area contributed by atoms with Gasteiger partial charge in [-0.15, -0.1) is 0 Å². The van der Waals surface area contributed by atoms with Crippen LogP contribution in [0.3, 0.4) is 0 Å². The van der Waals surface area contributed by atoms with Crippen molar-refractivity contribution >= 4 is 15.9 Å². The Morgan fingerprint density at radius 1 is 1.21 bits per heavy atom. The van der Waals surface area contributed by atoms with Crippen molar-refractivity contribution in [2.75, 3.05) is 20.4 Å². The summed E-state index contributed by atoms with van der Waals surface area (Å²) in [7, 11) is -0.479. The molecule has 2 atom stereocenters. The molecular formula is C21H26N2O4S. The Hall–Kier alpha value is -2.38. The maximum Gasteiger partial charge on any atom is 0.243 e. The van der Waals surface area contributed by atoms with Crippen LogP contribution in [0.15, 0.2) is 48.5 Å². The van der Waals surface area contributed by atoms with E-state index in [1.165, 1.54) is 7.05 Å². The highest BCUT2D eigenvalue weighted by molar-refractivity contribution is 7.88. The van der Waals surface area contributed by atoms with Crippen LogP contribution in [0.2, 0.25) is 0 Å². The average molecular weight is 403 g/mol. The van der Waals surface area contributed by atoms with Gasteiger partial charge in [0.2, 0.25) is 15.9 Å². The molecule has 0 unspecified atom stereocenters. The number of carbonyl (C=O) groups excluding carboxylic acids is 1. The lowest BCUT2D eigenvalue weighted by Gasteiger charge is -2.31. The topological polar surface area (TPSA) is 75.7 Å². The molecule has 0 fully saturated rings. The summed E-state index contributed by atoms with van der Waals surface area (Å²) >= 11 is 0. The summed E-state index contributed by atoms with van der Waals surface area (Å²) in [4.78, 5) is 13.2. The molecule has 0 aromatic heterocycles. The number of methoxy groups -OCH3 is 1. The van der Waals surface area contributed by atoms with Gasteiger partial charge in [-0.1, -0.05) is 36.4 Å². The van der Waals surface area contributed by atoms with Crippen LogP contribution in [0.5, 0.6) is 5.75 Å². The number of benzene rings is 2. The number of aryl methyl sites for hydroxylation is 1. The maximum atomic E-state index is 13.2. The maximum absolute atomic E-state index is 13.2. The Labute approximate surface area is 166 Å². The number of hydrogen-bond acceptors (Lipinski definition) is 4. The first kappa shape index (κ1) is 20.4. The number of carbonyl (C=O) groups is 1. The summed E-state index contributed by atoms with van der Waals surface area (Å²) < 4.78 is 30.7. The Morgan fingerprint density at radius 2 is 1.93 bits per heavy atom. The molecule has 1 aliphatic rings. The van der Waals surface area contributed by atoms with E-state index in [1.807, 2.05) is 24.3 Å². The zero-order chi connectivity index (χ0) is 20.3. The second-order valence-electron chi connectivity index (χ2n) is 7.11. The van der Waals surface area contributed by atoms with Crippen LogP contribution in [0, 0.1) is 0 Å². The predicted molar refractivity (Wildman–Crippen MR) is 109 cm³/mol. The number of hydrogen-bond donors (Lipinski definition) is 1. The van der Waals surface area contributed by atoms with Crippen molar-refractivity contribution in [3.8, 4) is 5.75 Å². The van der Waals surface area contributed by atoms with Gasteiger partial charge in [-0.2, -0.15) is 4.31 Å². The third kappa shape index (κ3) is 4.36. The fraction of sp³-hybridized carbons (Fsp3) is 0.381. The van der Waals surface area contributed by atoms with Crippen LogP contribution in [-0.4, -0.2) is 39.0 Å². The molecule has 0 bridgehead atoms. The molecule has 1 aliphatic carbocycles. The lowest BCUT2D eigenvalue weighted by Crippen LogP contribution is -2.43. The summed E-state index contributed by atoms with van der Waals surface area (Å²) in [5, 5.41) is 3.08. The van der Waals surface area contributed by atoms with Crippen LogP contribution in [-0.2, 0) is 21.2 Å². The van der Waals surface area contributed by atoms with Crippen LogP contribution in [0.4, 0.5) is 0 Å². The van der Waals surface area contributed by atoms with E-state index in [-0.39, 0.29) is 11.9 Å². The smallest absolute Gasteiger partial charge is 0.243 e. The van der Waals surface area contributed by atoms with Gasteiger partial charge in [-0.25, -0.2) is 8.42 Å². The molecule has 0 aliphatic heterocycles. The molecule has 0 saturated heterocycles. The highest BCUT2D eigenvalue weighted by Gasteiger charge is 2.33. The molecule has 3 rings (SSSR count). The van der Waals surface area contributed by atoms with Gasteiger partial charge in [-0.05, 0) is 48.1 Å². The number of amides is 1. The standard InChI is InChI=1S/C21H26N2O4S/c1-23(28(3,25)26)20(15-8-5-4-6-9-15)21(24)22-19-11-7-10-16-14-17(27-2)12-13-18(16)19/h4-6,8-9,12-14,19-20H,7,10-11H2,1-3H3,(H,22,24)/t19-,20+/m0/s1. The van der Waals surface area contributed by atoms with Crippen LogP contribution >= 0.6 is 0 Å². The Bertz CT molecular complexity index is 944. The van der Waals surface area contributed by atoms with Gasteiger partial charge in [0.25, 0.3) is 0 Å². The number of sulfonamides is 1. The molecule has 6 nitrogen and oxygen atoms in total. The van der Waals surface area contributed by atoms with E-state index < -0.39 is 16.1 Å². The fourth-order valence-corrected chi connectivity index (χ4v) is 4.27. The molecule has 7 heteroatoms. The lowest BCUT2D eigenvalue weighted by atomic mass is 9.87. The molecule has 1 amide bonds. The van der Waals surface area contributed by atoms with Gasteiger partial charge in [-0.3, -0.25) is 4.79 Å². The van der Waals surface area contributed by atoms with Crippen molar-refractivity contribution in [2.24, 2.45) is 0 Å². The van der Waals surface area contributed by atoms with E-state index in [2.05, 4.69) is 5.32 Å². The van der Waals surface area contributed by atoms with Gasteiger partial charge in [0, 0.05) is 7.05 Å². The molecule has 2 aromatic rings. The van der Waals surface area contributed by atoms with E-state index in [4.69, 9.17) is 4.74 Å². The second kappa shape index (κ2) is 8.32. The lowest BCUT2D eigenvalue weighted by molar-refractivity contribution is -0.125. The van der Waals surface area contributed by atoms with Crippen molar-refractivity contribution in [1.29, 1.82) is 0 Å². The van der Waals surface area contributed by atoms with Crippen LogP contribution < -0.4 is 10.1 Å². The largest absolute Gasteiger partial charge is 0.497 e. The van der Waals surface area contributed by atoms with E-state index in [1.54, 1.807) is 31.4 Å². The fourth-order valence-electron chi connectivity index (χ4n) is 3.67. The van der Waals surface area contributed by atoms with Crippen molar-refractivity contribution in [3.05, 3.63) is 65.2 Å². The first-order valence-electron chi connectivity index (χ1n) is 9.26. The predicted octanol–water partition coefficient (Wildman–Crippen LogP) is 2.82. The molecule has 28 heavy (non-hydrogen) atoms. The third-order valence-electron chi connectivity index (χ3n) is 5.23. The molecule has 1 N–H and O–H groups in total. The average Bonchev–Trinajstić information content (AvgIpc) is 2.68. The number of fused-ring (bicyclic) bond motifs is 1. The second-order valence-corrected chi connectivity index (χ2v) is 9.15. The third-order valence-corrected chi connectivity index (χ3v) is 6.49. The van der Waals surface area contributed by atoms with Gasteiger partial charge < -0.3 is 10.1 Å². The molecule has 0 heterocycles. The van der Waals surface area contributed by atoms with E-state index in [0.717, 1.165) is 46.7 Å². The summed E-state index contributed by atoms with van der Waals surface area (Å²) in [6, 6.07) is 13.8. The van der Waals surface area contributed by atoms with Crippen molar-refractivity contribution < 1.29 is 17.9 Å². The zero-order valence-corrected chi connectivity index (χ0v) is 17.2. The Morgan fingerprint density at radius 3 is 2.57 bits per heavy atom. The minimum atomic E-state index is -3.55. The highest BCUT2D eigenvalue weighted by Crippen LogP contribution is 2.33. The van der Waals surface area contributed by atoms with Gasteiger partial charge in [0.05, 0.1) is 19.4 Å². The summed E-state index contributed by atoms with van der Waals surface area (Å²) in [6.07, 6.45) is 3.81. The SMILES string of the molecule is COc1ccc2c(c1)CCC[C@@H]2NC(=O)[C@@H](c1ccccc1)N(C)S(C)(=O)=O. The van der Waals surface area contributed by atoms with E-state index >= 15 is 0 Å². The Kier molecular flexibility index (Phi) is 6.05.